The fourth-order valence-corrected chi connectivity index (χ4v) is 3.64. The molecule has 4 N–H and O–H groups in total. The molecule has 0 bridgehead atoms. The highest BCUT2D eigenvalue weighted by Gasteiger charge is 2.09. The average molecular weight is 458 g/mol. The number of hydrogen-bond acceptors (Lipinski definition) is 6. The second-order valence-electron chi connectivity index (χ2n) is 6.50. The van der Waals surface area contributed by atoms with E-state index in [2.05, 4.69) is 4.99 Å². The second kappa shape index (κ2) is 12.0. The number of ether oxygens (including phenoxy) is 1. The average Bonchev–Trinajstić information content (AvgIpc) is 2.73. The summed E-state index contributed by atoms with van der Waals surface area (Å²) < 4.78 is 5.35. The number of carboxylic acids is 1. The standard InChI is InChI=1S/C23H24ClN3O3S/c1-15(25)19(23(24)27-18-6-4-3-5-7-18)9-10-20(26)16-8-11-21(30-2)17(12-16)13-31-14-22(28)29/h3-12,26H,13-14,25H2,1-2H3,(H,28,29)/b10-9+,19-15?,26-20?,27-23?. The molecule has 0 unspecified atom stereocenters. The lowest BCUT2D eigenvalue weighted by Gasteiger charge is -2.10. The van der Waals surface area contributed by atoms with Gasteiger partial charge in [-0.1, -0.05) is 29.8 Å². The Bertz CT molecular complexity index is 1030. The summed E-state index contributed by atoms with van der Waals surface area (Å²) in [5.74, 6) is 0.229. The van der Waals surface area contributed by atoms with Gasteiger partial charge in [0, 0.05) is 22.6 Å². The summed E-state index contributed by atoms with van der Waals surface area (Å²) in [6, 6.07) is 14.6. The molecule has 8 heteroatoms. The van der Waals surface area contributed by atoms with Crippen LogP contribution < -0.4 is 10.5 Å². The van der Waals surface area contributed by atoms with Gasteiger partial charge >= 0.3 is 5.97 Å². The van der Waals surface area contributed by atoms with E-state index < -0.39 is 5.97 Å². The van der Waals surface area contributed by atoms with Gasteiger partial charge in [0.1, 0.15) is 10.9 Å². The third-order valence-corrected chi connectivity index (χ3v) is 5.38. The van der Waals surface area contributed by atoms with E-state index in [0.29, 0.717) is 34.0 Å². The van der Waals surface area contributed by atoms with Gasteiger partial charge in [-0.3, -0.25) is 4.79 Å². The van der Waals surface area contributed by atoms with Crippen LogP contribution in [-0.4, -0.2) is 34.8 Å². The van der Waals surface area contributed by atoms with Crippen molar-refractivity contribution in [2.75, 3.05) is 12.9 Å². The van der Waals surface area contributed by atoms with Crippen LogP contribution in [0.25, 0.3) is 0 Å². The second-order valence-corrected chi connectivity index (χ2v) is 7.84. The van der Waals surface area contributed by atoms with Crippen molar-refractivity contribution in [3.05, 3.63) is 83.1 Å². The Morgan fingerprint density at radius 2 is 1.97 bits per heavy atom. The maximum Gasteiger partial charge on any atom is 0.313 e. The fraction of sp³-hybridized carbons (Fsp3) is 0.174. The molecule has 0 atom stereocenters. The first-order valence-electron chi connectivity index (χ1n) is 9.31. The largest absolute Gasteiger partial charge is 0.496 e. The Hall–Kier alpha value is -3.03. The van der Waals surface area contributed by atoms with Gasteiger partial charge in [-0.05, 0) is 55.0 Å². The van der Waals surface area contributed by atoms with Crippen LogP contribution in [0.3, 0.4) is 0 Å². The number of thioether (sulfide) groups is 1. The zero-order valence-corrected chi connectivity index (χ0v) is 18.8. The van der Waals surface area contributed by atoms with Gasteiger partial charge in [0.2, 0.25) is 0 Å². The number of carbonyl (C=O) groups is 1. The van der Waals surface area contributed by atoms with E-state index in [-0.39, 0.29) is 16.6 Å². The van der Waals surface area contributed by atoms with E-state index >= 15 is 0 Å². The number of nitrogens with one attached hydrogen (secondary N) is 1. The molecule has 0 saturated heterocycles. The molecule has 0 fully saturated rings. The molecule has 162 valence electrons. The topological polar surface area (TPSA) is 109 Å². The van der Waals surface area contributed by atoms with Crippen LogP contribution >= 0.6 is 23.4 Å². The lowest BCUT2D eigenvalue weighted by molar-refractivity contribution is -0.133. The first kappa shape index (κ1) is 24.2. The van der Waals surface area contributed by atoms with Crippen LogP contribution in [-0.2, 0) is 10.5 Å². The Balaban J connectivity index is 2.22. The Labute approximate surface area is 191 Å². The van der Waals surface area contributed by atoms with E-state index in [1.54, 1.807) is 38.3 Å². The number of allylic oxidation sites excluding steroid dienone is 4. The summed E-state index contributed by atoms with van der Waals surface area (Å²) in [6.45, 7) is 1.72. The van der Waals surface area contributed by atoms with Crippen molar-refractivity contribution in [3.8, 4) is 5.75 Å². The zero-order chi connectivity index (χ0) is 22.8. The Morgan fingerprint density at radius 3 is 2.58 bits per heavy atom. The molecule has 6 nitrogen and oxygen atoms in total. The highest BCUT2D eigenvalue weighted by atomic mass is 35.5. The normalized spacial score (nSPS) is 12.5. The molecule has 0 aliphatic heterocycles. The summed E-state index contributed by atoms with van der Waals surface area (Å²) in [7, 11) is 1.56. The monoisotopic (exact) mass is 457 g/mol. The van der Waals surface area contributed by atoms with Crippen molar-refractivity contribution < 1.29 is 14.6 Å². The molecule has 2 aromatic carbocycles. The smallest absolute Gasteiger partial charge is 0.313 e. The van der Waals surface area contributed by atoms with Crippen molar-refractivity contribution >= 4 is 45.9 Å². The van der Waals surface area contributed by atoms with Gasteiger partial charge in [0.25, 0.3) is 0 Å². The number of carboxylic acid groups (broad SMARTS) is 1. The maximum atomic E-state index is 10.8. The SMILES string of the molecule is COc1ccc(C(=N)/C=C/C(C(Cl)=Nc2ccccc2)=C(C)N)cc1CSCC(=O)O. The maximum absolute atomic E-state index is 10.8. The third-order valence-electron chi connectivity index (χ3n) is 4.12. The van der Waals surface area contributed by atoms with E-state index in [1.165, 1.54) is 11.8 Å². The number of hydrogen-bond donors (Lipinski definition) is 3. The highest BCUT2D eigenvalue weighted by Crippen LogP contribution is 2.25. The number of aliphatic carboxylic acids is 1. The number of rotatable bonds is 10. The first-order chi connectivity index (χ1) is 14.8. The van der Waals surface area contributed by atoms with E-state index in [9.17, 15) is 4.79 Å². The Kier molecular flexibility index (Phi) is 9.37. The lowest BCUT2D eigenvalue weighted by atomic mass is 10.0. The van der Waals surface area contributed by atoms with Gasteiger partial charge in [-0.15, -0.1) is 11.8 Å². The van der Waals surface area contributed by atoms with Crippen LogP contribution in [0.4, 0.5) is 5.69 Å². The minimum atomic E-state index is -0.874. The minimum Gasteiger partial charge on any atom is -0.496 e. The quantitative estimate of drug-likeness (QED) is 0.338. The molecule has 0 spiro atoms. The van der Waals surface area contributed by atoms with E-state index in [1.807, 2.05) is 36.4 Å². The first-order valence-corrected chi connectivity index (χ1v) is 10.8. The van der Waals surface area contributed by atoms with Gasteiger partial charge < -0.3 is 21.0 Å². The summed E-state index contributed by atoms with van der Waals surface area (Å²) in [5, 5.41) is 17.5. The zero-order valence-electron chi connectivity index (χ0n) is 17.3. The fourth-order valence-electron chi connectivity index (χ4n) is 2.61. The van der Waals surface area contributed by atoms with Crippen LogP contribution in [0.5, 0.6) is 5.75 Å². The van der Waals surface area contributed by atoms with Gasteiger partial charge in [-0.2, -0.15) is 0 Å². The summed E-state index contributed by atoms with van der Waals surface area (Å²) in [4.78, 5) is 15.1. The van der Waals surface area contributed by atoms with Gasteiger partial charge in [0.05, 0.1) is 24.3 Å². The number of methoxy groups -OCH3 is 1. The predicted molar refractivity (Wildman–Crippen MR) is 129 cm³/mol. The summed E-state index contributed by atoms with van der Waals surface area (Å²) >= 11 is 7.64. The number of aliphatic imine (C=N–C) groups is 1. The number of nitrogens with zero attached hydrogens (tertiary/aromatic N) is 1. The number of para-hydroxylation sites is 1. The lowest BCUT2D eigenvalue weighted by Crippen LogP contribution is -2.04. The van der Waals surface area contributed by atoms with Gasteiger partial charge in [-0.25, -0.2) is 4.99 Å². The van der Waals surface area contributed by atoms with Crippen molar-refractivity contribution in [1.29, 1.82) is 5.41 Å². The van der Waals surface area contributed by atoms with Crippen LogP contribution in [0.1, 0.15) is 18.1 Å². The molecule has 0 saturated carbocycles. The van der Waals surface area contributed by atoms with Crippen LogP contribution in [0, 0.1) is 5.41 Å². The molecular formula is C23H24ClN3O3S. The predicted octanol–water partition coefficient (Wildman–Crippen LogP) is 5.14. The molecule has 0 radical (unpaired) electrons. The van der Waals surface area contributed by atoms with Gasteiger partial charge in [0.15, 0.2) is 0 Å². The van der Waals surface area contributed by atoms with E-state index in [0.717, 1.165) is 5.56 Å². The Morgan fingerprint density at radius 1 is 1.26 bits per heavy atom. The molecule has 31 heavy (non-hydrogen) atoms. The molecule has 0 aliphatic carbocycles. The minimum absolute atomic E-state index is 0.00604. The third kappa shape index (κ3) is 7.62. The molecule has 2 rings (SSSR count). The van der Waals surface area contributed by atoms with Crippen LogP contribution in [0.15, 0.2) is 76.9 Å². The highest BCUT2D eigenvalue weighted by molar-refractivity contribution is 7.99. The summed E-state index contributed by atoms with van der Waals surface area (Å²) in [6.07, 6.45) is 3.26. The molecule has 0 heterocycles. The number of halogens is 1. The van der Waals surface area contributed by atoms with E-state index in [4.69, 9.17) is 32.6 Å². The molecule has 0 aromatic heterocycles. The molecule has 2 aromatic rings. The molecule has 0 aliphatic rings. The number of nitrogens with two attached hydrogens (primary N) is 1. The van der Waals surface area contributed by atoms with Crippen LogP contribution in [0.2, 0.25) is 0 Å². The molecular weight excluding hydrogens is 434 g/mol. The van der Waals surface area contributed by atoms with Crippen molar-refractivity contribution in [2.45, 2.75) is 12.7 Å². The summed E-state index contributed by atoms with van der Waals surface area (Å²) in [5.41, 5.74) is 9.42. The van der Waals surface area contributed by atoms with Crippen molar-refractivity contribution in [2.24, 2.45) is 10.7 Å². The molecule has 0 amide bonds. The van der Waals surface area contributed by atoms with Crippen molar-refractivity contribution in [1.82, 2.24) is 0 Å². The number of benzene rings is 2. The van der Waals surface area contributed by atoms with Crippen molar-refractivity contribution in [3.63, 3.8) is 0 Å².